The number of hydrogen-bond donors (Lipinski definition) is 1. The lowest BCUT2D eigenvalue weighted by molar-refractivity contribution is 0.832. The van der Waals surface area contributed by atoms with Crippen LogP contribution in [0.4, 0.5) is 0 Å². The molecule has 0 atom stereocenters. The van der Waals surface area contributed by atoms with Crippen LogP contribution in [0.1, 0.15) is 24.1 Å². The van der Waals surface area contributed by atoms with Crippen LogP contribution in [0.2, 0.25) is 0 Å². The molecule has 0 saturated carbocycles. The molecule has 10 heavy (non-hydrogen) atoms. The van der Waals surface area contributed by atoms with Crippen LogP contribution in [-0.4, -0.2) is 4.98 Å². The second-order valence-electron chi connectivity index (χ2n) is 2.71. The predicted molar refractivity (Wildman–Crippen MR) is 42.8 cm³/mol. The van der Waals surface area contributed by atoms with E-state index in [4.69, 9.17) is 0 Å². The maximum atomic E-state index is 3.25. The lowest BCUT2D eigenvalue weighted by Gasteiger charge is -1.93. The molecule has 1 nitrogen and oxygen atoms in total. The van der Waals surface area contributed by atoms with Gasteiger partial charge in [-0.15, -0.1) is 0 Å². The van der Waals surface area contributed by atoms with E-state index in [2.05, 4.69) is 23.2 Å². The zero-order chi connectivity index (χ0) is 6.81. The molecule has 52 valence electrons. The molecule has 1 heterocycles. The first-order valence-electron chi connectivity index (χ1n) is 3.79. The van der Waals surface area contributed by atoms with Crippen molar-refractivity contribution in [1.82, 2.24) is 4.98 Å². The van der Waals surface area contributed by atoms with E-state index in [1.165, 1.54) is 30.5 Å². The molecule has 1 N–H and O–H groups in total. The van der Waals surface area contributed by atoms with Crippen molar-refractivity contribution < 1.29 is 0 Å². The molecule has 0 saturated heterocycles. The summed E-state index contributed by atoms with van der Waals surface area (Å²) < 4.78 is 0. The van der Waals surface area contributed by atoms with Gasteiger partial charge in [0.05, 0.1) is 0 Å². The fraction of sp³-hybridized carbons (Fsp3) is 0.333. The summed E-state index contributed by atoms with van der Waals surface area (Å²) in [4.78, 5) is 3.25. The standard InChI is InChI=1S/C9H11N/c1-2-4-8-6-7-10-9(8)5-3-1/h2,4,6-7,10H,1,3,5H2. The number of aromatic amines is 1. The molecule has 2 rings (SSSR count). The highest BCUT2D eigenvalue weighted by atomic mass is 14.7. The minimum absolute atomic E-state index is 1.20. The van der Waals surface area contributed by atoms with Crippen LogP contribution in [0.15, 0.2) is 18.3 Å². The van der Waals surface area contributed by atoms with Gasteiger partial charge in [-0.3, -0.25) is 0 Å². The van der Waals surface area contributed by atoms with Crippen molar-refractivity contribution in [2.45, 2.75) is 19.3 Å². The maximum Gasteiger partial charge on any atom is 0.0220 e. The van der Waals surface area contributed by atoms with Crippen LogP contribution in [0.5, 0.6) is 0 Å². The van der Waals surface area contributed by atoms with E-state index in [0.29, 0.717) is 0 Å². The number of nitrogens with one attached hydrogen (secondary N) is 1. The van der Waals surface area contributed by atoms with Gasteiger partial charge in [0, 0.05) is 11.9 Å². The van der Waals surface area contributed by atoms with Gasteiger partial charge in [0.15, 0.2) is 0 Å². The first kappa shape index (κ1) is 5.78. The Morgan fingerprint density at radius 2 is 2.40 bits per heavy atom. The number of hydrogen-bond acceptors (Lipinski definition) is 0. The Bertz CT molecular complexity index is 245. The van der Waals surface area contributed by atoms with Crippen LogP contribution >= 0.6 is 0 Å². The van der Waals surface area contributed by atoms with Gasteiger partial charge in [0.1, 0.15) is 0 Å². The minimum Gasteiger partial charge on any atom is -0.364 e. The normalized spacial score (nSPS) is 16.4. The topological polar surface area (TPSA) is 15.8 Å². The number of fused-ring (bicyclic) bond motifs is 1. The Morgan fingerprint density at radius 1 is 1.40 bits per heavy atom. The largest absolute Gasteiger partial charge is 0.364 e. The van der Waals surface area contributed by atoms with Gasteiger partial charge in [-0.1, -0.05) is 12.2 Å². The van der Waals surface area contributed by atoms with Crippen LogP contribution in [-0.2, 0) is 6.42 Å². The van der Waals surface area contributed by atoms with Crippen molar-refractivity contribution in [2.75, 3.05) is 0 Å². The summed E-state index contributed by atoms with van der Waals surface area (Å²) in [7, 11) is 0. The average Bonchev–Trinajstić information content (AvgIpc) is 2.28. The number of allylic oxidation sites excluding steroid dienone is 1. The molecule has 1 aliphatic carbocycles. The lowest BCUT2D eigenvalue weighted by Crippen LogP contribution is -1.83. The molecule has 0 unspecified atom stereocenters. The molecule has 0 aromatic carbocycles. The summed E-state index contributed by atoms with van der Waals surface area (Å²) >= 11 is 0. The van der Waals surface area contributed by atoms with Crippen molar-refractivity contribution in [2.24, 2.45) is 0 Å². The Labute approximate surface area is 60.8 Å². The van der Waals surface area contributed by atoms with Gasteiger partial charge in [0.2, 0.25) is 0 Å². The minimum atomic E-state index is 1.20. The third kappa shape index (κ3) is 0.878. The zero-order valence-electron chi connectivity index (χ0n) is 5.93. The van der Waals surface area contributed by atoms with Crippen molar-refractivity contribution >= 4 is 6.08 Å². The van der Waals surface area contributed by atoms with Crippen molar-refractivity contribution in [3.05, 3.63) is 29.6 Å². The fourth-order valence-corrected chi connectivity index (χ4v) is 1.40. The van der Waals surface area contributed by atoms with Crippen LogP contribution < -0.4 is 0 Å². The van der Waals surface area contributed by atoms with Crippen molar-refractivity contribution in [3.63, 3.8) is 0 Å². The van der Waals surface area contributed by atoms with Crippen LogP contribution in [0.3, 0.4) is 0 Å². The summed E-state index contributed by atoms with van der Waals surface area (Å²) in [5, 5.41) is 0. The fourth-order valence-electron chi connectivity index (χ4n) is 1.40. The zero-order valence-corrected chi connectivity index (χ0v) is 5.93. The van der Waals surface area contributed by atoms with Gasteiger partial charge >= 0.3 is 0 Å². The quantitative estimate of drug-likeness (QED) is 0.559. The summed E-state index contributed by atoms with van der Waals surface area (Å²) in [5.41, 5.74) is 2.77. The van der Waals surface area contributed by atoms with Gasteiger partial charge in [-0.2, -0.15) is 0 Å². The Morgan fingerprint density at radius 3 is 3.40 bits per heavy atom. The van der Waals surface area contributed by atoms with E-state index in [-0.39, 0.29) is 0 Å². The van der Waals surface area contributed by atoms with E-state index < -0.39 is 0 Å². The summed E-state index contributed by atoms with van der Waals surface area (Å²) in [6.45, 7) is 0. The molecule has 0 fully saturated rings. The monoisotopic (exact) mass is 133 g/mol. The number of rotatable bonds is 0. The highest BCUT2D eigenvalue weighted by Crippen LogP contribution is 2.16. The third-order valence-corrected chi connectivity index (χ3v) is 1.96. The molecule has 0 spiro atoms. The van der Waals surface area contributed by atoms with Gasteiger partial charge in [0.25, 0.3) is 0 Å². The molecule has 0 radical (unpaired) electrons. The summed E-state index contributed by atoms with van der Waals surface area (Å²) in [6.07, 6.45) is 10.2. The highest BCUT2D eigenvalue weighted by Gasteiger charge is 2.01. The molecule has 0 bridgehead atoms. The molecule has 1 heteroatoms. The van der Waals surface area contributed by atoms with E-state index in [1.54, 1.807) is 0 Å². The van der Waals surface area contributed by atoms with Crippen LogP contribution in [0, 0.1) is 0 Å². The molecule has 0 amide bonds. The molecular formula is C9H11N. The Hall–Kier alpha value is -0.980. The number of aryl methyl sites for hydroxylation is 1. The summed E-state index contributed by atoms with van der Waals surface area (Å²) in [5.74, 6) is 0. The van der Waals surface area contributed by atoms with E-state index >= 15 is 0 Å². The van der Waals surface area contributed by atoms with E-state index in [0.717, 1.165) is 0 Å². The van der Waals surface area contributed by atoms with E-state index in [9.17, 15) is 0 Å². The predicted octanol–water partition coefficient (Wildman–Crippen LogP) is 2.36. The maximum absolute atomic E-state index is 3.25. The third-order valence-electron chi connectivity index (χ3n) is 1.96. The Balaban J connectivity index is 2.42. The average molecular weight is 133 g/mol. The van der Waals surface area contributed by atoms with Gasteiger partial charge in [-0.25, -0.2) is 0 Å². The first-order chi connectivity index (χ1) is 4.97. The molecule has 1 aromatic heterocycles. The number of H-pyrrole nitrogens is 1. The molecule has 1 aromatic rings. The molecule has 0 aliphatic heterocycles. The number of aromatic nitrogens is 1. The van der Waals surface area contributed by atoms with Gasteiger partial charge < -0.3 is 4.98 Å². The second-order valence-corrected chi connectivity index (χ2v) is 2.71. The first-order valence-corrected chi connectivity index (χ1v) is 3.79. The second kappa shape index (κ2) is 2.33. The van der Waals surface area contributed by atoms with Crippen molar-refractivity contribution in [1.29, 1.82) is 0 Å². The smallest absolute Gasteiger partial charge is 0.0220 e. The molecule has 1 aliphatic rings. The van der Waals surface area contributed by atoms with Crippen molar-refractivity contribution in [3.8, 4) is 0 Å². The SMILES string of the molecule is C1=Cc2cc[nH]c2CCC1. The Kier molecular flexibility index (Phi) is 1.35. The lowest BCUT2D eigenvalue weighted by atomic mass is 10.2. The van der Waals surface area contributed by atoms with Crippen LogP contribution in [0.25, 0.3) is 6.08 Å². The van der Waals surface area contributed by atoms with E-state index in [1.807, 2.05) is 6.20 Å². The van der Waals surface area contributed by atoms with Gasteiger partial charge in [-0.05, 0) is 30.9 Å². The summed E-state index contributed by atoms with van der Waals surface area (Å²) in [6, 6.07) is 2.14. The molecular weight excluding hydrogens is 122 g/mol. The highest BCUT2D eigenvalue weighted by molar-refractivity contribution is 5.52.